The lowest BCUT2D eigenvalue weighted by Crippen LogP contribution is -2.29. The molecule has 1 aromatic carbocycles. The number of ether oxygens (including phenoxy) is 1. The normalized spacial score (nSPS) is 11.5. The van der Waals surface area contributed by atoms with E-state index >= 15 is 0 Å². The predicted octanol–water partition coefficient (Wildman–Crippen LogP) is 1.74. The van der Waals surface area contributed by atoms with Crippen LogP contribution in [0.1, 0.15) is 4.88 Å². The number of carbonyl (C=O) groups excluding carboxylic acids is 1. The maximum absolute atomic E-state index is 11.9. The third kappa shape index (κ3) is 5.05. The summed E-state index contributed by atoms with van der Waals surface area (Å²) in [6, 6.07) is 10.0. The second-order valence-corrected chi connectivity index (χ2v) is 8.40. The Bertz CT molecular complexity index is 754. The molecule has 0 saturated carbocycles. The van der Waals surface area contributed by atoms with E-state index in [9.17, 15) is 13.2 Å². The molecule has 0 radical (unpaired) electrons. The molecule has 1 aromatic heterocycles. The number of nitrogens with zero attached hydrogens (tertiary/aromatic N) is 1. The first kappa shape index (κ1) is 18.4. The summed E-state index contributed by atoms with van der Waals surface area (Å²) < 4.78 is 30.6. The van der Waals surface area contributed by atoms with Crippen molar-refractivity contribution in [3.63, 3.8) is 0 Å². The van der Waals surface area contributed by atoms with Crippen LogP contribution in [0, 0.1) is 0 Å². The van der Waals surface area contributed by atoms with Gasteiger partial charge < -0.3 is 10.1 Å². The zero-order valence-corrected chi connectivity index (χ0v) is 15.2. The maximum atomic E-state index is 11.9. The van der Waals surface area contributed by atoms with Crippen molar-refractivity contribution in [2.45, 2.75) is 11.3 Å². The maximum Gasteiger partial charge on any atom is 0.242 e. The van der Waals surface area contributed by atoms with Crippen LogP contribution in [0.5, 0.6) is 5.75 Å². The molecule has 0 aliphatic heterocycles. The van der Waals surface area contributed by atoms with E-state index in [2.05, 4.69) is 5.32 Å². The molecule has 1 N–H and O–H groups in total. The Kier molecular flexibility index (Phi) is 6.36. The molecular formula is C16H20N2O4S2. The van der Waals surface area contributed by atoms with E-state index in [-0.39, 0.29) is 10.8 Å². The van der Waals surface area contributed by atoms with Crippen molar-refractivity contribution in [3.05, 3.63) is 46.7 Å². The van der Waals surface area contributed by atoms with E-state index in [1.54, 1.807) is 23.5 Å². The first-order chi connectivity index (χ1) is 11.4. The number of hydrogen-bond acceptors (Lipinski definition) is 5. The molecule has 0 bridgehead atoms. The van der Waals surface area contributed by atoms with Crippen molar-refractivity contribution in [3.8, 4) is 5.75 Å². The molecule has 8 heteroatoms. The van der Waals surface area contributed by atoms with Crippen molar-refractivity contribution in [2.24, 2.45) is 0 Å². The number of carbonyl (C=O) groups is 1. The summed E-state index contributed by atoms with van der Waals surface area (Å²) in [5.41, 5.74) is 0. The van der Waals surface area contributed by atoms with E-state index in [1.165, 1.54) is 26.2 Å². The van der Waals surface area contributed by atoms with Crippen LogP contribution in [0.4, 0.5) is 0 Å². The molecule has 24 heavy (non-hydrogen) atoms. The monoisotopic (exact) mass is 368 g/mol. The molecule has 6 nitrogen and oxygen atoms in total. The zero-order chi connectivity index (χ0) is 17.6. The van der Waals surface area contributed by atoms with Crippen LogP contribution in [-0.4, -0.2) is 45.9 Å². The van der Waals surface area contributed by atoms with Gasteiger partial charge in [-0.3, -0.25) is 4.79 Å². The van der Waals surface area contributed by atoms with Crippen molar-refractivity contribution < 1.29 is 17.9 Å². The van der Waals surface area contributed by atoms with E-state index in [4.69, 9.17) is 4.74 Å². The Hall–Kier alpha value is -1.90. The largest absolute Gasteiger partial charge is 0.492 e. The fourth-order valence-electron chi connectivity index (χ4n) is 1.91. The average molecular weight is 368 g/mol. The van der Waals surface area contributed by atoms with E-state index in [0.29, 0.717) is 25.3 Å². The smallest absolute Gasteiger partial charge is 0.242 e. The lowest BCUT2D eigenvalue weighted by molar-refractivity contribution is -0.120. The number of hydrogen-bond donors (Lipinski definition) is 1. The summed E-state index contributed by atoms with van der Waals surface area (Å²) in [4.78, 5) is 12.9. The first-order valence-electron chi connectivity index (χ1n) is 7.34. The zero-order valence-electron chi connectivity index (χ0n) is 13.6. The standard InChI is InChI=1S/C16H20N2O4S2/c1-18(2)24(20,21)15-7-5-13(6-8-15)22-10-9-17-16(19)12-14-4-3-11-23-14/h3-8,11H,9-10,12H2,1-2H3,(H,17,19). The Morgan fingerprint density at radius 2 is 1.92 bits per heavy atom. The van der Waals surface area contributed by atoms with Crippen molar-refractivity contribution in [1.29, 1.82) is 0 Å². The Morgan fingerprint density at radius 3 is 2.50 bits per heavy atom. The Balaban J connectivity index is 1.76. The van der Waals surface area contributed by atoms with Crippen molar-refractivity contribution in [2.75, 3.05) is 27.2 Å². The van der Waals surface area contributed by atoms with Gasteiger partial charge in [0.25, 0.3) is 0 Å². The fourth-order valence-corrected chi connectivity index (χ4v) is 3.52. The first-order valence-corrected chi connectivity index (χ1v) is 9.66. The highest BCUT2D eigenvalue weighted by atomic mass is 32.2. The Morgan fingerprint density at radius 1 is 1.21 bits per heavy atom. The highest BCUT2D eigenvalue weighted by Crippen LogP contribution is 2.17. The van der Waals surface area contributed by atoms with Gasteiger partial charge in [0.15, 0.2) is 0 Å². The number of thiophene rings is 1. The minimum Gasteiger partial charge on any atom is -0.492 e. The molecule has 0 aliphatic rings. The Labute approximate surface area is 146 Å². The summed E-state index contributed by atoms with van der Waals surface area (Å²) in [7, 11) is -0.464. The van der Waals surface area contributed by atoms with Gasteiger partial charge in [-0.05, 0) is 35.7 Å². The summed E-state index contributed by atoms with van der Waals surface area (Å²) >= 11 is 1.55. The fraction of sp³-hybridized carbons (Fsp3) is 0.312. The van der Waals surface area contributed by atoms with Crippen LogP contribution in [-0.2, 0) is 21.2 Å². The molecule has 0 fully saturated rings. The van der Waals surface area contributed by atoms with Crippen LogP contribution in [0.25, 0.3) is 0 Å². The minimum absolute atomic E-state index is 0.0477. The van der Waals surface area contributed by atoms with Crippen LogP contribution >= 0.6 is 11.3 Å². The van der Waals surface area contributed by atoms with E-state index < -0.39 is 10.0 Å². The van der Waals surface area contributed by atoms with Crippen LogP contribution < -0.4 is 10.1 Å². The number of amides is 1. The summed E-state index contributed by atoms with van der Waals surface area (Å²) in [5, 5.41) is 4.72. The molecule has 2 aromatic rings. The van der Waals surface area contributed by atoms with Crippen molar-refractivity contribution >= 4 is 27.3 Å². The van der Waals surface area contributed by atoms with Crippen LogP contribution in [0.15, 0.2) is 46.7 Å². The summed E-state index contributed by atoms with van der Waals surface area (Å²) in [5.74, 6) is 0.508. The molecule has 0 aliphatic carbocycles. The second-order valence-electron chi connectivity index (χ2n) is 5.21. The van der Waals surface area contributed by atoms with Gasteiger partial charge in [-0.1, -0.05) is 6.07 Å². The van der Waals surface area contributed by atoms with Gasteiger partial charge in [-0.15, -0.1) is 11.3 Å². The topological polar surface area (TPSA) is 75.7 Å². The molecule has 2 rings (SSSR count). The van der Waals surface area contributed by atoms with Gasteiger partial charge in [-0.25, -0.2) is 12.7 Å². The highest BCUT2D eigenvalue weighted by Gasteiger charge is 2.16. The van der Waals surface area contributed by atoms with Gasteiger partial charge in [0.1, 0.15) is 12.4 Å². The van der Waals surface area contributed by atoms with Crippen molar-refractivity contribution in [1.82, 2.24) is 9.62 Å². The number of rotatable bonds is 8. The number of nitrogens with one attached hydrogen (secondary N) is 1. The SMILES string of the molecule is CN(C)S(=O)(=O)c1ccc(OCCNC(=O)Cc2cccs2)cc1. The molecule has 0 unspecified atom stereocenters. The molecule has 0 spiro atoms. The molecule has 130 valence electrons. The summed E-state index contributed by atoms with van der Waals surface area (Å²) in [6.07, 6.45) is 0.370. The second kappa shape index (κ2) is 8.27. The third-order valence-electron chi connectivity index (χ3n) is 3.21. The van der Waals surface area contributed by atoms with Gasteiger partial charge in [-0.2, -0.15) is 0 Å². The molecule has 0 saturated heterocycles. The summed E-state index contributed by atoms with van der Waals surface area (Å²) in [6.45, 7) is 0.706. The molecule has 1 amide bonds. The van der Waals surface area contributed by atoms with Gasteiger partial charge in [0, 0.05) is 19.0 Å². The lowest BCUT2D eigenvalue weighted by atomic mass is 10.3. The molecule has 1 heterocycles. The average Bonchev–Trinajstić information content (AvgIpc) is 3.05. The quantitative estimate of drug-likeness (QED) is 0.720. The van der Waals surface area contributed by atoms with Gasteiger partial charge in [0.05, 0.1) is 17.9 Å². The van der Waals surface area contributed by atoms with Gasteiger partial charge >= 0.3 is 0 Å². The minimum atomic E-state index is -3.43. The predicted molar refractivity (Wildman–Crippen MR) is 93.8 cm³/mol. The molecule has 0 atom stereocenters. The third-order valence-corrected chi connectivity index (χ3v) is 5.92. The molecular weight excluding hydrogens is 348 g/mol. The number of sulfonamides is 1. The van der Waals surface area contributed by atoms with Gasteiger partial charge in [0.2, 0.25) is 15.9 Å². The van der Waals surface area contributed by atoms with E-state index in [1.807, 2.05) is 17.5 Å². The lowest BCUT2D eigenvalue weighted by Gasteiger charge is -2.12. The van der Waals surface area contributed by atoms with Crippen LogP contribution in [0.3, 0.4) is 0 Å². The number of benzene rings is 1. The van der Waals surface area contributed by atoms with E-state index in [0.717, 1.165) is 9.18 Å². The highest BCUT2D eigenvalue weighted by molar-refractivity contribution is 7.89. The van der Waals surface area contributed by atoms with Crippen LogP contribution in [0.2, 0.25) is 0 Å².